The molecule has 1 fully saturated rings. The van der Waals surface area contributed by atoms with Crippen molar-refractivity contribution in [3.63, 3.8) is 0 Å². The smallest absolute Gasteiger partial charge is 0.365 e. The fraction of sp³-hybridized carbons (Fsp3) is 0.229. The second kappa shape index (κ2) is 19.9. The maximum Gasteiger partial charge on any atom is 0.365 e. The number of aliphatic hydroxyl groups excluding tert-OH is 1. The van der Waals surface area contributed by atoms with Crippen LogP contribution in [0.2, 0.25) is 0 Å². The second-order valence-corrected chi connectivity index (χ2v) is 16.6. The molecule has 0 radical (unpaired) electrons. The van der Waals surface area contributed by atoms with E-state index in [1.165, 1.54) is 18.2 Å². The Kier molecular flexibility index (Phi) is 14.0. The Morgan fingerprint density at radius 1 is 0.733 bits per heavy atom. The van der Waals surface area contributed by atoms with Crippen LogP contribution in [0.4, 0.5) is 4.79 Å². The van der Waals surface area contributed by atoms with Crippen molar-refractivity contribution in [3.8, 4) is 17.2 Å². The van der Waals surface area contributed by atoms with Gasteiger partial charge in [0.1, 0.15) is 5.75 Å². The Morgan fingerprint density at radius 3 is 1.97 bits per heavy atom. The molecule has 0 aromatic heterocycles. The van der Waals surface area contributed by atoms with Crippen molar-refractivity contribution in [1.29, 1.82) is 0 Å². The Morgan fingerprint density at radius 2 is 1.32 bits per heavy atom. The summed E-state index contributed by atoms with van der Waals surface area (Å²) < 4.78 is 31.7. The van der Waals surface area contributed by atoms with Crippen LogP contribution in [0.25, 0.3) is 0 Å². The van der Waals surface area contributed by atoms with Crippen LogP contribution in [0.1, 0.15) is 45.5 Å². The minimum atomic E-state index is -4.40. The Balaban J connectivity index is 1.25. The molecule has 1 heterocycles. The third-order valence-electron chi connectivity index (χ3n) is 10.6. The highest BCUT2D eigenvalue weighted by Crippen LogP contribution is 2.48. The van der Waals surface area contributed by atoms with E-state index in [9.17, 15) is 19.7 Å². The number of ether oxygens (including phenoxy) is 2. The number of para-hydroxylation sites is 1. The number of aliphatic hydroxyl groups is 1. The van der Waals surface area contributed by atoms with Gasteiger partial charge in [0, 0.05) is 18.5 Å². The molecule has 310 valence electrons. The number of phenolic OH excluding ortho intramolecular Hbond substituents is 1. The molecule has 11 nitrogen and oxygen atoms in total. The molecule has 5 unspecified atom stereocenters. The first-order valence-electron chi connectivity index (χ1n) is 19.9. The number of carbonyl (C=O) groups excluding carboxylic acids is 1. The van der Waals surface area contributed by atoms with Crippen LogP contribution in [0.15, 0.2) is 164 Å². The van der Waals surface area contributed by atoms with Crippen LogP contribution in [0.3, 0.4) is 0 Å². The van der Waals surface area contributed by atoms with Crippen LogP contribution in [-0.2, 0) is 34.9 Å². The first kappa shape index (κ1) is 42.2. The minimum absolute atomic E-state index is 0.0273. The summed E-state index contributed by atoms with van der Waals surface area (Å²) in [6, 6.07) is 48.7. The number of hydrogen-bond acceptors (Lipinski definition) is 8. The molecule has 12 heteroatoms. The molecule has 7 rings (SSSR count). The van der Waals surface area contributed by atoms with Gasteiger partial charge in [-0.1, -0.05) is 146 Å². The molecule has 1 aliphatic heterocycles. The summed E-state index contributed by atoms with van der Waals surface area (Å²) in [7, 11) is -2.94. The van der Waals surface area contributed by atoms with Gasteiger partial charge >= 0.3 is 13.6 Å². The van der Waals surface area contributed by atoms with Gasteiger partial charge in [-0.15, -0.1) is 0 Å². The number of nitrogens with zero attached hydrogens (tertiary/aromatic N) is 2. The van der Waals surface area contributed by atoms with E-state index in [4.69, 9.17) is 14.0 Å². The van der Waals surface area contributed by atoms with Gasteiger partial charge in [0.05, 0.1) is 37.9 Å². The number of rotatable bonds is 17. The number of methoxy groups -OCH3 is 1. The fourth-order valence-electron chi connectivity index (χ4n) is 7.63. The zero-order valence-corrected chi connectivity index (χ0v) is 34.3. The van der Waals surface area contributed by atoms with E-state index in [0.29, 0.717) is 36.1 Å². The summed E-state index contributed by atoms with van der Waals surface area (Å²) in [4.78, 5) is 28.3. The highest BCUT2D eigenvalue weighted by Gasteiger charge is 2.42. The van der Waals surface area contributed by atoms with E-state index in [-0.39, 0.29) is 24.6 Å². The standard InChI is InChI=1S/C48H50N3O8P/c1-57-47-31-38(26-27-43(47)52)33-50-48(54)51(42(44(53)32-49-50)29-36-18-8-3-9-19-36)41(28-35-16-6-2-7-17-35)40-24-14-15-25-45(40)58-34-60(55,56)59-46(39-22-12-5-13-23-39)30-37-20-10-4-11-21-37/h2-27,31,41-42,44,46,49,52-53H,28-30,32-34H2,1H3,(H,55,56). The van der Waals surface area contributed by atoms with E-state index in [2.05, 4.69) is 5.43 Å². The number of benzene rings is 6. The molecule has 1 saturated heterocycles. The van der Waals surface area contributed by atoms with Gasteiger partial charge in [-0.2, -0.15) is 0 Å². The summed E-state index contributed by atoms with van der Waals surface area (Å²) in [5.41, 5.74) is 8.00. The van der Waals surface area contributed by atoms with Crippen LogP contribution in [0.5, 0.6) is 17.2 Å². The Labute approximate surface area is 350 Å². The molecule has 6 aromatic rings. The molecule has 0 saturated carbocycles. The van der Waals surface area contributed by atoms with Crippen molar-refractivity contribution in [2.75, 3.05) is 20.0 Å². The first-order chi connectivity index (χ1) is 29.2. The molecule has 6 aromatic carbocycles. The fourth-order valence-corrected chi connectivity index (χ4v) is 8.59. The number of aromatic hydroxyl groups is 1. The van der Waals surface area contributed by atoms with Crippen molar-refractivity contribution in [3.05, 3.63) is 197 Å². The molecule has 2 amide bonds. The van der Waals surface area contributed by atoms with Crippen molar-refractivity contribution in [1.82, 2.24) is 15.3 Å². The van der Waals surface area contributed by atoms with Gasteiger partial charge in [0.15, 0.2) is 17.8 Å². The molecule has 60 heavy (non-hydrogen) atoms. The lowest BCUT2D eigenvalue weighted by Gasteiger charge is -2.40. The minimum Gasteiger partial charge on any atom is -0.504 e. The van der Waals surface area contributed by atoms with Gasteiger partial charge in [0.25, 0.3) is 0 Å². The number of hydrogen-bond donors (Lipinski definition) is 4. The third-order valence-corrected chi connectivity index (χ3v) is 11.7. The molecule has 4 N–H and O–H groups in total. The van der Waals surface area contributed by atoms with E-state index in [0.717, 1.165) is 22.3 Å². The van der Waals surface area contributed by atoms with Gasteiger partial charge in [-0.05, 0) is 58.9 Å². The van der Waals surface area contributed by atoms with Crippen molar-refractivity contribution in [2.24, 2.45) is 0 Å². The molecule has 0 spiro atoms. The molecule has 1 aliphatic rings. The summed E-state index contributed by atoms with van der Waals surface area (Å²) in [5.74, 6) is 0.533. The van der Waals surface area contributed by atoms with Gasteiger partial charge in [-0.25, -0.2) is 10.2 Å². The number of urea groups is 1. The number of carbonyl (C=O) groups is 1. The van der Waals surface area contributed by atoms with Crippen molar-refractivity contribution in [2.45, 2.75) is 50.1 Å². The first-order valence-corrected chi connectivity index (χ1v) is 21.7. The summed E-state index contributed by atoms with van der Waals surface area (Å²) in [5, 5.41) is 23.7. The largest absolute Gasteiger partial charge is 0.504 e. The van der Waals surface area contributed by atoms with E-state index >= 15 is 4.79 Å². The monoisotopic (exact) mass is 827 g/mol. The lowest BCUT2D eigenvalue weighted by atomic mass is 9.92. The zero-order valence-electron chi connectivity index (χ0n) is 33.4. The lowest BCUT2D eigenvalue weighted by molar-refractivity contribution is 0.0552. The topological polar surface area (TPSA) is 141 Å². The molecule has 5 atom stereocenters. The molecular formula is C48H50N3O8P. The maximum absolute atomic E-state index is 15.2. The average molecular weight is 828 g/mol. The predicted octanol–water partition coefficient (Wildman–Crippen LogP) is 8.62. The number of β-amino-alcohol motifs (C(OH)–C–C–N with tert-alkyl or cyclic N) is 1. The average Bonchev–Trinajstić information content (AvgIpc) is 3.38. The lowest BCUT2D eigenvalue weighted by Crippen LogP contribution is -2.52. The van der Waals surface area contributed by atoms with E-state index < -0.39 is 44.3 Å². The maximum atomic E-state index is 15.2. The summed E-state index contributed by atoms with van der Waals surface area (Å²) in [6.45, 7) is 0.158. The van der Waals surface area contributed by atoms with Crippen LogP contribution in [-0.4, -0.2) is 63.2 Å². The summed E-state index contributed by atoms with van der Waals surface area (Å²) in [6.07, 6.45) is -1.35. The van der Waals surface area contributed by atoms with E-state index in [1.54, 1.807) is 29.2 Å². The zero-order chi connectivity index (χ0) is 41.9. The number of amides is 2. The number of nitrogens with one attached hydrogen (secondary N) is 1. The highest BCUT2D eigenvalue weighted by atomic mass is 31.2. The quantitative estimate of drug-likeness (QED) is 0.0666. The molecule has 0 aliphatic carbocycles. The number of phenols is 1. The molecular weight excluding hydrogens is 778 g/mol. The third kappa shape index (κ3) is 10.8. The van der Waals surface area contributed by atoms with Crippen LogP contribution < -0.4 is 14.9 Å². The van der Waals surface area contributed by atoms with Gasteiger partial charge in [0.2, 0.25) is 0 Å². The number of hydrazine groups is 1. The Hall–Kier alpha value is -5.94. The van der Waals surface area contributed by atoms with Crippen LogP contribution in [0, 0.1) is 0 Å². The predicted molar refractivity (Wildman–Crippen MR) is 230 cm³/mol. The highest BCUT2D eigenvalue weighted by molar-refractivity contribution is 7.52. The van der Waals surface area contributed by atoms with E-state index in [1.807, 2.05) is 133 Å². The second-order valence-electron chi connectivity index (χ2n) is 14.8. The normalized spacial score (nSPS) is 17.6. The molecule has 0 bridgehead atoms. The SMILES string of the molecule is COc1cc(CN2NCC(O)C(Cc3ccccc3)N(C(Cc3ccccc3)c3ccccc3OCP(=O)(O)OC(Cc3ccccc3)c3ccccc3)C2=O)ccc1O. The van der Waals surface area contributed by atoms with Crippen molar-refractivity contribution < 1.29 is 38.5 Å². The van der Waals surface area contributed by atoms with Gasteiger partial charge in [-0.3, -0.25) is 14.1 Å². The van der Waals surface area contributed by atoms with Crippen molar-refractivity contribution >= 4 is 13.6 Å². The van der Waals surface area contributed by atoms with Crippen LogP contribution >= 0.6 is 7.60 Å². The Bertz CT molecular complexity index is 2340. The summed E-state index contributed by atoms with van der Waals surface area (Å²) >= 11 is 0. The van der Waals surface area contributed by atoms with Gasteiger partial charge < -0.3 is 29.5 Å².